The van der Waals surface area contributed by atoms with Crippen LogP contribution >= 0.6 is 0 Å². The van der Waals surface area contributed by atoms with Crippen molar-refractivity contribution in [2.75, 3.05) is 19.8 Å². The maximum atomic E-state index is 10.2. The maximum Gasteiger partial charge on any atom is 0.303 e. The zero-order valence-electron chi connectivity index (χ0n) is 11.3. The first kappa shape index (κ1) is 16.4. The summed E-state index contributed by atoms with van der Waals surface area (Å²) in [5.74, 6) is -0.721. The topological polar surface area (TPSA) is 55.8 Å². The molecule has 0 aliphatic heterocycles. The Morgan fingerprint density at radius 3 is 2.41 bits per heavy atom. The van der Waals surface area contributed by atoms with E-state index in [1.165, 1.54) is 0 Å². The molecule has 0 aromatic heterocycles. The minimum Gasteiger partial charge on any atom is -0.481 e. The van der Waals surface area contributed by atoms with E-state index >= 15 is 0 Å². The number of hydrogen-bond acceptors (Lipinski definition) is 3. The number of carboxylic acids is 1. The van der Waals surface area contributed by atoms with Gasteiger partial charge in [-0.2, -0.15) is 0 Å². The summed E-state index contributed by atoms with van der Waals surface area (Å²) >= 11 is 0. The van der Waals surface area contributed by atoms with Gasteiger partial charge in [-0.25, -0.2) is 0 Å². The molecule has 4 heteroatoms. The zero-order chi connectivity index (χ0) is 13.1. The third-order valence-electron chi connectivity index (χ3n) is 2.75. The standard InChI is InChI=1S/C13H26O4/c1-4-13(2,3)17-11-10-16-9-7-5-6-8-12(14)15/h4-11H2,1-3H3,(H,14,15). The Hall–Kier alpha value is -0.610. The number of unbranched alkanes of at least 4 members (excludes halogenated alkanes) is 2. The Labute approximate surface area is 104 Å². The lowest BCUT2D eigenvalue weighted by Gasteiger charge is -2.23. The van der Waals surface area contributed by atoms with Crippen molar-refractivity contribution in [2.24, 2.45) is 0 Å². The van der Waals surface area contributed by atoms with Crippen LogP contribution in [0.4, 0.5) is 0 Å². The fourth-order valence-corrected chi connectivity index (χ4v) is 1.24. The number of carbonyl (C=O) groups is 1. The first-order valence-electron chi connectivity index (χ1n) is 6.41. The van der Waals surface area contributed by atoms with Crippen LogP contribution in [0.3, 0.4) is 0 Å². The molecule has 0 heterocycles. The highest BCUT2D eigenvalue weighted by atomic mass is 16.5. The van der Waals surface area contributed by atoms with Crippen molar-refractivity contribution in [3.8, 4) is 0 Å². The molecule has 0 aromatic rings. The molecular weight excluding hydrogens is 220 g/mol. The summed E-state index contributed by atoms with van der Waals surface area (Å²) in [5.41, 5.74) is -0.0646. The van der Waals surface area contributed by atoms with Crippen LogP contribution in [0, 0.1) is 0 Å². The van der Waals surface area contributed by atoms with Crippen molar-refractivity contribution in [1.82, 2.24) is 0 Å². The molecule has 17 heavy (non-hydrogen) atoms. The van der Waals surface area contributed by atoms with E-state index in [0.717, 1.165) is 25.7 Å². The molecule has 0 fully saturated rings. The number of ether oxygens (including phenoxy) is 2. The van der Waals surface area contributed by atoms with Gasteiger partial charge < -0.3 is 14.6 Å². The Morgan fingerprint density at radius 1 is 1.12 bits per heavy atom. The molecule has 0 aliphatic rings. The van der Waals surface area contributed by atoms with Crippen LogP contribution in [0.1, 0.15) is 52.9 Å². The minimum absolute atomic E-state index is 0.0646. The fourth-order valence-electron chi connectivity index (χ4n) is 1.24. The summed E-state index contributed by atoms with van der Waals surface area (Å²) in [6, 6.07) is 0. The van der Waals surface area contributed by atoms with Crippen LogP contribution in [0.2, 0.25) is 0 Å². The zero-order valence-corrected chi connectivity index (χ0v) is 11.3. The van der Waals surface area contributed by atoms with E-state index in [-0.39, 0.29) is 12.0 Å². The van der Waals surface area contributed by atoms with Gasteiger partial charge in [0.05, 0.1) is 18.8 Å². The van der Waals surface area contributed by atoms with Gasteiger partial charge in [-0.05, 0) is 33.1 Å². The number of rotatable bonds is 11. The Kier molecular flexibility index (Phi) is 9.09. The van der Waals surface area contributed by atoms with Crippen LogP contribution in [0.5, 0.6) is 0 Å². The summed E-state index contributed by atoms with van der Waals surface area (Å²) in [4.78, 5) is 10.2. The van der Waals surface area contributed by atoms with Gasteiger partial charge in [0.25, 0.3) is 0 Å². The molecule has 102 valence electrons. The molecular formula is C13H26O4. The lowest BCUT2D eigenvalue weighted by atomic mass is 10.1. The highest BCUT2D eigenvalue weighted by Gasteiger charge is 2.14. The monoisotopic (exact) mass is 246 g/mol. The van der Waals surface area contributed by atoms with Crippen LogP contribution in [-0.2, 0) is 14.3 Å². The molecule has 1 N–H and O–H groups in total. The van der Waals surface area contributed by atoms with Crippen LogP contribution < -0.4 is 0 Å². The highest BCUT2D eigenvalue weighted by Crippen LogP contribution is 2.12. The van der Waals surface area contributed by atoms with E-state index in [4.69, 9.17) is 14.6 Å². The van der Waals surface area contributed by atoms with Crippen molar-refractivity contribution in [3.63, 3.8) is 0 Å². The predicted molar refractivity (Wildman–Crippen MR) is 67.2 cm³/mol. The molecule has 0 unspecified atom stereocenters. The van der Waals surface area contributed by atoms with Gasteiger partial charge in [-0.3, -0.25) is 4.79 Å². The number of carboxylic acid groups (broad SMARTS) is 1. The van der Waals surface area contributed by atoms with Crippen molar-refractivity contribution in [3.05, 3.63) is 0 Å². The summed E-state index contributed by atoms with van der Waals surface area (Å²) < 4.78 is 11.0. The Balaban J connectivity index is 3.16. The van der Waals surface area contributed by atoms with Gasteiger partial charge in [0.2, 0.25) is 0 Å². The second-order valence-corrected chi connectivity index (χ2v) is 4.78. The molecule has 0 spiro atoms. The smallest absolute Gasteiger partial charge is 0.303 e. The molecule has 0 bridgehead atoms. The SMILES string of the molecule is CCC(C)(C)OCCOCCCCCC(=O)O. The third-order valence-corrected chi connectivity index (χ3v) is 2.75. The Bertz CT molecular complexity index is 202. The van der Waals surface area contributed by atoms with E-state index in [0.29, 0.717) is 19.8 Å². The number of hydrogen-bond donors (Lipinski definition) is 1. The lowest BCUT2D eigenvalue weighted by molar-refractivity contribution is -0.137. The van der Waals surface area contributed by atoms with Gasteiger partial charge in [0.15, 0.2) is 0 Å². The second-order valence-electron chi connectivity index (χ2n) is 4.78. The van der Waals surface area contributed by atoms with Gasteiger partial charge in [0.1, 0.15) is 0 Å². The molecule has 0 rings (SSSR count). The van der Waals surface area contributed by atoms with E-state index in [9.17, 15) is 4.79 Å². The number of aliphatic carboxylic acids is 1. The van der Waals surface area contributed by atoms with E-state index in [1.54, 1.807) is 0 Å². The summed E-state index contributed by atoms with van der Waals surface area (Å²) in [5, 5.41) is 8.44. The normalized spacial score (nSPS) is 11.7. The van der Waals surface area contributed by atoms with Crippen molar-refractivity contribution in [2.45, 2.75) is 58.5 Å². The predicted octanol–water partition coefficient (Wildman–Crippen LogP) is 2.85. The largest absolute Gasteiger partial charge is 0.481 e. The van der Waals surface area contributed by atoms with Crippen molar-refractivity contribution < 1.29 is 19.4 Å². The van der Waals surface area contributed by atoms with Gasteiger partial charge in [-0.15, -0.1) is 0 Å². The van der Waals surface area contributed by atoms with E-state index in [1.807, 2.05) is 0 Å². The fraction of sp³-hybridized carbons (Fsp3) is 0.923. The summed E-state index contributed by atoms with van der Waals surface area (Å²) in [6.45, 7) is 8.16. The average molecular weight is 246 g/mol. The van der Waals surface area contributed by atoms with Gasteiger partial charge in [0, 0.05) is 13.0 Å². The average Bonchev–Trinajstić information content (AvgIpc) is 2.26. The molecule has 0 saturated heterocycles. The molecule has 0 aromatic carbocycles. The first-order valence-corrected chi connectivity index (χ1v) is 6.41. The van der Waals surface area contributed by atoms with E-state index < -0.39 is 5.97 Å². The second kappa shape index (κ2) is 9.42. The Morgan fingerprint density at radius 2 is 1.82 bits per heavy atom. The van der Waals surface area contributed by atoms with Crippen LogP contribution in [0.15, 0.2) is 0 Å². The van der Waals surface area contributed by atoms with E-state index in [2.05, 4.69) is 20.8 Å². The molecule has 4 nitrogen and oxygen atoms in total. The van der Waals surface area contributed by atoms with Crippen molar-refractivity contribution >= 4 is 5.97 Å². The minimum atomic E-state index is -0.721. The van der Waals surface area contributed by atoms with Crippen LogP contribution in [-0.4, -0.2) is 36.5 Å². The quantitative estimate of drug-likeness (QED) is 0.569. The molecule has 0 saturated carbocycles. The molecule has 0 aliphatic carbocycles. The van der Waals surface area contributed by atoms with Crippen molar-refractivity contribution in [1.29, 1.82) is 0 Å². The van der Waals surface area contributed by atoms with Crippen LogP contribution in [0.25, 0.3) is 0 Å². The summed E-state index contributed by atoms with van der Waals surface area (Å²) in [6.07, 6.45) is 3.81. The highest BCUT2D eigenvalue weighted by molar-refractivity contribution is 5.66. The molecule has 0 atom stereocenters. The van der Waals surface area contributed by atoms with Gasteiger partial charge >= 0.3 is 5.97 Å². The summed E-state index contributed by atoms with van der Waals surface area (Å²) in [7, 11) is 0. The molecule has 0 radical (unpaired) electrons. The maximum absolute atomic E-state index is 10.2. The molecule has 0 amide bonds. The lowest BCUT2D eigenvalue weighted by Crippen LogP contribution is -2.25. The van der Waals surface area contributed by atoms with Gasteiger partial charge in [-0.1, -0.05) is 13.3 Å². The first-order chi connectivity index (χ1) is 7.98. The third kappa shape index (κ3) is 11.6.